The molecule has 0 saturated carbocycles. The van der Waals surface area contributed by atoms with Crippen LogP contribution < -0.4 is 57.2 Å². The number of hydrogen-bond acceptors (Lipinski definition) is 6. The fraction of sp³-hybridized carbons (Fsp3) is 0.235. The lowest BCUT2D eigenvalue weighted by Gasteiger charge is -2.48. The zero-order valence-corrected chi connectivity index (χ0v) is 77.6. The topological polar surface area (TPSA) is 140 Å². The molecule has 6 fully saturated rings. The molecule has 10 aromatic heterocycles. The van der Waals surface area contributed by atoms with Gasteiger partial charge in [0.25, 0.3) is 20.0 Å². The van der Waals surface area contributed by atoms with Gasteiger partial charge in [0.05, 0.1) is 63.6 Å². The Morgan fingerprint density at radius 1 is 0.348 bits per heavy atom. The van der Waals surface area contributed by atoms with E-state index in [1.807, 2.05) is 56.3 Å². The number of hydroxylamine groups is 3. The third kappa shape index (κ3) is 50.3. The maximum Gasteiger partial charge on any atom is 0.762 e. The summed E-state index contributed by atoms with van der Waals surface area (Å²) in [7, 11) is -20.5. The number of benzene rings is 2. The third-order valence-corrected chi connectivity index (χ3v) is 22.8. The molecule has 736 valence electrons. The Hall–Kier alpha value is -10.4. The second-order valence-corrected chi connectivity index (χ2v) is 32.9. The number of hydrogen-bond donors (Lipinski definition) is 1. The summed E-state index contributed by atoms with van der Waals surface area (Å²) in [4.78, 5) is 6.93. The predicted octanol–water partition coefficient (Wildman–Crippen LogP) is 8.14. The Morgan fingerprint density at radius 2 is 0.578 bits per heavy atom. The summed E-state index contributed by atoms with van der Waals surface area (Å²) < 4.78 is 287. The molecule has 6 saturated heterocycles. The van der Waals surface area contributed by atoms with Crippen LogP contribution in [0.4, 0.5) is 92.6 Å². The first-order chi connectivity index (χ1) is 62.0. The molecule has 135 heavy (non-hydrogen) atoms. The standard InChI is InChI=1S/C12H10FNO4S2.C10H8F2N2.2C8H11FN.C7H14ClFN2.C6H13FN2O.2C5H3Cl2FN.3C5H5FN.C5H5N.3BF3.3FH/c13-14(19(15,16)11-7-3-1-4-8-11)20(17,18)12-9-5-2-6-10-12;11-13-7-3-1-5-9(13)10-6-2-4-8-14(10)12;2*1-6-4-7(2)10(9)8(3)5-6;8-7-10-1-4-11(9,5-2-10)6-3-10;7-8-1-4-9(10,5-2-8)6-3-8;2*6-4-2-1-3-5(7)9(4)8;3*6-7-4-2-1-3-5-7;1-2-4-6-5-3-1;3*2-1(3)4;;;/h1-10H;1-8H;2*4-5H,1-3H3;1-7H2;10H,1-6H2;2*1-3H;3*1-5H;1-5H;;;;3*1H/q;+2;2*+1;2*+2;5*+1;;;;;;;/p-3. The fourth-order valence-electron chi connectivity index (χ4n) is 11.0. The van der Waals surface area contributed by atoms with Crippen molar-refractivity contribution in [1.29, 1.82) is 0 Å². The SMILES string of the molecule is Cc1cc(C)[n+](F)c(C)c1.Cc1cc(C)[n+](F)c(C)c1.FB(F)F.FB(F)F.FB(F)F.F[N+]12CC[N+](CCl)(CC1)CC2.F[n+]1c(Cl)cccc1Cl.F[n+]1c(Cl)cccc1Cl.F[n+]1ccccc1.F[n+]1ccccc1.F[n+]1ccccc1.F[n+]1ccccc1-c1cccc[n+]1F.O=S(=O)(c1ccccc1)N(F)S(=O)(=O)c1ccccc1.O[N+]12CC[N+](F)(CC1)CC2.[F-].[F-].[F-].c1ccncc1. The van der Waals surface area contributed by atoms with Crippen LogP contribution in [0.5, 0.6) is 0 Å². The van der Waals surface area contributed by atoms with Crippen molar-refractivity contribution < 1.29 is 190 Å². The molecular weight excluding hydrogens is 1990 g/mol. The van der Waals surface area contributed by atoms with Crippen LogP contribution in [0.15, 0.2) is 302 Å². The van der Waals surface area contributed by atoms with Gasteiger partial charge < -0.3 is 14.1 Å². The Labute approximate surface area is 789 Å². The zero-order chi connectivity index (χ0) is 99.4. The van der Waals surface area contributed by atoms with E-state index in [-0.39, 0.29) is 69.7 Å². The molecule has 16 heterocycles. The first-order valence-electron chi connectivity index (χ1n) is 38.4. The summed E-state index contributed by atoms with van der Waals surface area (Å²) in [6.45, 7) is 19.0. The first kappa shape index (κ1) is 127. The van der Waals surface area contributed by atoms with Gasteiger partial charge in [0, 0.05) is 183 Å². The van der Waals surface area contributed by atoms with E-state index in [9.17, 15) is 115 Å². The van der Waals surface area contributed by atoms with Crippen molar-refractivity contribution in [1.82, 2.24) is 8.92 Å². The number of piperazine rings is 6. The molecule has 0 atom stereocenters. The molecule has 12 aromatic rings. The highest BCUT2D eigenvalue weighted by Gasteiger charge is 2.52. The van der Waals surface area contributed by atoms with E-state index in [4.69, 9.17) is 58.0 Å². The molecule has 2 aromatic carbocycles. The number of halogens is 29. The van der Waals surface area contributed by atoms with E-state index in [1.54, 1.807) is 119 Å². The lowest BCUT2D eigenvalue weighted by atomic mass is 10.2. The lowest BCUT2D eigenvalue weighted by Crippen LogP contribution is -3.00. The minimum atomic E-state index is -4.77. The van der Waals surface area contributed by atoms with Crippen molar-refractivity contribution in [2.75, 3.05) is 84.5 Å². The lowest BCUT2D eigenvalue weighted by molar-refractivity contribution is -1.21. The minimum Gasteiger partial charge on any atom is -1.00 e. The van der Waals surface area contributed by atoms with E-state index < -0.39 is 56.4 Å². The average molecular weight is 2090 g/mol. The van der Waals surface area contributed by atoms with Crippen molar-refractivity contribution in [3.63, 3.8) is 0 Å². The van der Waals surface area contributed by atoms with Crippen molar-refractivity contribution in [3.05, 3.63) is 347 Å². The van der Waals surface area contributed by atoms with E-state index in [0.29, 0.717) is 121 Å². The van der Waals surface area contributed by atoms with Crippen LogP contribution in [-0.4, -0.2) is 157 Å². The van der Waals surface area contributed by atoms with E-state index >= 15 is 0 Å². The van der Waals surface area contributed by atoms with Gasteiger partial charge in [-0.2, -0.15) is 4.65 Å². The molecule has 1 N–H and O–H groups in total. The second-order valence-electron chi connectivity index (χ2n) is 27.4. The Bertz CT molecular complexity index is 5050. The van der Waals surface area contributed by atoms with Crippen molar-refractivity contribution >= 4 is 101 Å². The number of fused-ring (bicyclic) bond motifs is 6. The number of aryl methyl sites for hydroxylation is 6. The Morgan fingerprint density at radius 3 is 0.778 bits per heavy atom. The fourth-order valence-corrected chi connectivity index (χ4v) is 15.0. The molecule has 18 rings (SSSR count). The number of alkyl halides is 1. The monoisotopic (exact) mass is 2080 g/mol. The van der Waals surface area contributed by atoms with Crippen LogP contribution in [0, 0.1) is 41.5 Å². The molecule has 6 aliphatic rings. The minimum absolute atomic E-state index is 0. The number of sulfonamides is 2. The summed E-state index contributed by atoms with van der Waals surface area (Å²) in [5, 5.41) is 9.49. The van der Waals surface area contributed by atoms with Gasteiger partial charge in [-0.1, -0.05) is 72.3 Å². The van der Waals surface area contributed by atoms with Gasteiger partial charge in [0.15, 0.2) is 64.9 Å². The van der Waals surface area contributed by atoms with E-state index in [1.165, 1.54) is 135 Å². The molecule has 54 heteroatoms. The first-order valence-corrected chi connectivity index (χ1v) is 43.3. The van der Waals surface area contributed by atoms with Gasteiger partial charge in [0.2, 0.25) is 72.4 Å². The molecule has 20 nitrogen and oxygen atoms in total. The van der Waals surface area contributed by atoms with Gasteiger partial charge >= 0.3 is 54.6 Å². The number of nitrogens with zero attached hydrogens (tertiary/aromatic N) is 15. The second kappa shape index (κ2) is 65.3. The van der Waals surface area contributed by atoms with Crippen LogP contribution in [0.3, 0.4) is 0 Å². The van der Waals surface area contributed by atoms with Crippen molar-refractivity contribution in [3.8, 4) is 11.4 Å². The molecule has 0 amide bonds. The van der Waals surface area contributed by atoms with Crippen LogP contribution in [-0.2, 0) is 20.0 Å². The summed E-state index contributed by atoms with van der Waals surface area (Å²) >= 11 is 27.1. The summed E-state index contributed by atoms with van der Waals surface area (Å²) in [5.41, 5.74) is 5.16. The van der Waals surface area contributed by atoms with Crippen molar-refractivity contribution in [2.45, 2.75) is 51.3 Å². The van der Waals surface area contributed by atoms with Gasteiger partial charge in [0.1, 0.15) is 19.6 Å². The largest absolute Gasteiger partial charge is 1.00 e. The molecule has 0 spiro atoms. The Kier molecular flexibility index (Phi) is 61.3. The smallest absolute Gasteiger partial charge is 0.762 e. The maximum absolute atomic E-state index is 14.0. The zero-order valence-electron chi connectivity index (χ0n) is 72.2. The van der Waals surface area contributed by atoms with Gasteiger partial charge in [-0.15, -0.1) is 13.9 Å². The van der Waals surface area contributed by atoms with Gasteiger partial charge in [-0.3, -0.25) is 48.3 Å². The summed E-state index contributed by atoms with van der Waals surface area (Å²) in [5.74, 6) is 0. The molecule has 0 aliphatic carbocycles. The highest BCUT2D eigenvalue weighted by molar-refractivity contribution is 8.03. The Balaban J connectivity index is 0. The molecule has 6 aliphatic heterocycles. The van der Waals surface area contributed by atoms with Gasteiger partial charge in [-0.25, -0.2) is 22.0 Å². The van der Waals surface area contributed by atoms with E-state index in [0.717, 1.165) is 59.5 Å². The summed E-state index contributed by atoms with van der Waals surface area (Å²) in [6, 6.07) is 59.8. The van der Waals surface area contributed by atoms with Crippen LogP contribution in [0.2, 0.25) is 20.6 Å². The van der Waals surface area contributed by atoms with Crippen LogP contribution in [0.1, 0.15) is 33.9 Å². The number of rotatable bonds is 6. The quantitative estimate of drug-likeness (QED) is 0.0340. The maximum atomic E-state index is 14.0. The molecular formula is C81H93B3Cl5F24N15O5S2+10. The number of aromatic nitrogens is 10. The average Bonchev–Trinajstić information content (AvgIpc) is 0.758. The molecule has 0 unspecified atom stereocenters. The highest BCUT2D eigenvalue weighted by atomic mass is 35.5. The third-order valence-electron chi connectivity index (χ3n) is 17.6. The highest BCUT2D eigenvalue weighted by Crippen LogP contribution is 2.29. The predicted molar refractivity (Wildman–Crippen MR) is 452 cm³/mol. The summed E-state index contributed by atoms with van der Waals surface area (Å²) in [6.07, 6.45) is 13.9. The van der Waals surface area contributed by atoms with Crippen LogP contribution in [0.25, 0.3) is 11.4 Å². The van der Waals surface area contributed by atoms with Crippen molar-refractivity contribution in [2.24, 2.45) is 0 Å². The molecule has 0 radical (unpaired) electrons. The molecule has 4 bridgehead atoms. The van der Waals surface area contributed by atoms with Gasteiger partial charge in [-0.05, 0) is 141 Å². The van der Waals surface area contributed by atoms with E-state index in [2.05, 4.69) is 4.98 Å². The number of pyridine rings is 10. The number of quaternary nitrogens is 4. The normalized spacial score (nSPS) is 16.0. The van der Waals surface area contributed by atoms with Crippen LogP contribution >= 0.6 is 58.0 Å².